The Labute approximate surface area is 108 Å². The molecule has 1 unspecified atom stereocenters. The summed E-state index contributed by atoms with van der Waals surface area (Å²) in [5, 5.41) is 6.22. The third-order valence-electron chi connectivity index (χ3n) is 3.59. The van der Waals surface area contributed by atoms with Crippen molar-refractivity contribution in [3.63, 3.8) is 0 Å². The molecule has 2 N–H and O–H groups in total. The van der Waals surface area contributed by atoms with Crippen LogP contribution in [0.5, 0.6) is 0 Å². The number of nitrogens with zero attached hydrogens (tertiary/aromatic N) is 1. The highest BCUT2D eigenvalue weighted by molar-refractivity contribution is 5.93. The number of rotatable bonds is 5. The summed E-state index contributed by atoms with van der Waals surface area (Å²) >= 11 is 0. The standard InChI is InChI=1S/C14H21N3O/c1-3-15-12-7-8-16-13(9-12)14(18)17-10(2)11-5-4-6-11/h7-11H,3-6H2,1-2H3,(H,15,16)(H,17,18). The van der Waals surface area contributed by atoms with E-state index in [9.17, 15) is 4.79 Å². The highest BCUT2D eigenvalue weighted by atomic mass is 16.1. The quantitative estimate of drug-likeness (QED) is 0.840. The first kappa shape index (κ1) is 12.9. The molecule has 0 radical (unpaired) electrons. The molecule has 1 aromatic rings. The number of hydrogen-bond acceptors (Lipinski definition) is 3. The molecule has 2 rings (SSSR count). The largest absolute Gasteiger partial charge is 0.385 e. The van der Waals surface area contributed by atoms with Gasteiger partial charge in [0.2, 0.25) is 0 Å². The van der Waals surface area contributed by atoms with Gasteiger partial charge in [-0.15, -0.1) is 0 Å². The molecule has 1 heterocycles. The van der Waals surface area contributed by atoms with Gasteiger partial charge in [0.15, 0.2) is 0 Å². The summed E-state index contributed by atoms with van der Waals surface area (Å²) in [5.74, 6) is 0.569. The van der Waals surface area contributed by atoms with E-state index in [1.807, 2.05) is 13.0 Å². The van der Waals surface area contributed by atoms with E-state index in [1.54, 1.807) is 12.3 Å². The van der Waals surface area contributed by atoms with Gasteiger partial charge in [0, 0.05) is 24.5 Å². The van der Waals surface area contributed by atoms with Crippen molar-refractivity contribution >= 4 is 11.6 Å². The molecule has 18 heavy (non-hydrogen) atoms. The fraction of sp³-hybridized carbons (Fsp3) is 0.571. The minimum Gasteiger partial charge on any atom is -0.385 e. The number of hydrogen-bond donors (Lipinski definition) is 2. The number of carbonyl (C=O) groups is 1. The molecule has 0 aromatic carbocycles. The lowest BCUT2D eigenvalue weighted by molar-refractivity contribution is 0.0904. The van der Waals surface area contributed by atoms with Gasteiger partial charge in [-0.05, 0) is 44.7 Å². The lowest BCUT2D eigenvalue weighted by Gasteiger charge is -2.31. The Balaban J connectivity index is 1.96. The van der Waals surface area contributed by atoms with Crippen LogP contribution in [0.15, 0.2) is 18.3 Å². The van der Waals surface area contributed by atoms with Crippen LogP contribution < -0.4 is 10.6 Å². The van der Waals surface area contributed by atoms with Gasteiger partial charge in [-0.2, -0.15) is 0 Å². The molecule has 98 valence electrons. The highest BCUT2D eigenvalue weighted by Crippen LogP contribution is 2.29. The number of anilines is 1. The van der Waals surface area contributed by atoms with Crippen molar-refractivity contribution in [1.82, 2.24) is 10.3 Å². The Morgan fingerprint density at radius 3 is 2.94 bits per heavy atom. The van der Waals surface area contributed by atoms with Gasteiger partial charge in [-0.1, -0.05) is 6.42 Å². The molecule has 4 heteroatoms. The van der Waals surface area contributed by atoms with E-state index in [-0.39, 0.29) is 11.9 Å². The maximum absolute atomic E-state index is 12.1. The molecule has 1 aromatic heterocycles. The molecule has 4 nitrogen and oxygen atoms in total. The van der Waals surface area contributed by atoms with Crippen LogP contribution in [-0.4, -0.2) is 23.5 Å². The fourth-order valence-electron chi connectivity index (χ4n) is 2.21. The van der Waals surface area contributed by atoms with E-state index in [0.29, 0.717) is 11.6 Å². The molecule has 1 aliphatic carbocycles. The van der Waals surface area contributed by atoms with E-state index in [0.717, 1.165) is 12.2 Å². The maximum Gasteiger partial charge on any atom is 0.270 e. The molecule has 1 saturated carbocycles. The summed E-state index contributed by atoms with van der Waals surface area (Å²) in [7, 11) is 0. The number of carbonyl (C=O) groups excluding carboxylic acids is 1. The van der Waals surface area contributed by atoms with Gasteiger partial charge in [-0.3, -0.25) is 9.78 Å². The van der Waals surface area contributed by atoms with Crippen LogP contribution in [0.25, 0.3) is 0 Å². The SMILES string of the molecule is CCNc1ccnc(C(=O)NC(C)C2CCC2)c1. The third-order valence-corrected chi connectivity index (χ3v) is 3.59. The topological polar surface area (TPSA) is 54.0 Å². The van der Waals surface area contributed by atoms with Crippen molar-refractivity contribution in [3.05, 3.63) is 24.0 Å². The van der Waals surface area contributed by atoms with E-state index in [4.69, 9.17) is 0 Å². The van der Waals surface area contributed by atoms with E-state index >= 15 is 0 Å². The van der Waals surface area contributed by atoms with Crippen LogP contribution in [0.1, 0.15) is 43.6 Å². The van der Waals surface area contributed by atoms with Crippen LogP contribution >= 0.6 is 0 Å². The first-order valence-electron chi connectivity index (χ1n) is 6.71. The molecule has 1 fully saturated rings. The van der Waals surface area contributed by atoms with E-state index < -0.39 is 0 Å². The summed E-state index contributed by atoms with van der Waals surface area (Å²) < 4.78 is 0. The monoisotopic (exact) mass is 247 g/mol. The zero-order chi connectivity index (χ0) is 13.0. The minimum absolute atomic E-state index is 0.0749. The molecule has 0 aliphatic heterocycles. The molecule has 1 atom stereocenters. The molecular formula is C14H21N3O. The van der Waals surface area contributed by atoms with Crippen molar-refractivity contribution in [3.8, 4) is 0 Å². The Bertz CT molecular complexity index is 415. The number of pyridine rings is 1. The summed E-state index contributed by atoms with van der Waals surface area (Å²) in [5.41, 5.74) is 1.42. The van der Waals surface area contributed by atoms with Gasteiger partial charge in [0.1, 0.15) is 5.69 Å². The molecular weight excluding hydrogens is 226 g/mol. The Morgan fingerprint density at radius 2 is 2.33 bits per heavy atom. The van der Waals surface area contributed by atoms with Crippen molar-refractivity contribution in [1.29, 1.82) is 0 Å². The molecule has 1 aliphatic rings. The molecule has 0 saturated heterocycles. The van der Waals surface area contributed by atoms with Crippen LogP contribution in [0.2, 0.25) is 0 Å². The van der Waals surface area contributed by atoms with Crippen LogP contribution in [0.3, 0.4) is 0 Å². The first-order valence-corrected chi connectivity index (χ1v) is 6.71. The van der Waals surface area contributed by atoms with Crippen LogP contribution in [0.4, 0.5) is 5.69 Å². The summed E-state index contributed by atoms with van der Waals surface area (Å²) in [4.78, 5) is 16.2. The summed E-state index contributed by atoms with van der Waals surface area (Å²) in [6.45, 7) is 4.94. The van der Waals surface area contributed by atoms with Crippen LogP contribution in [0, 0.1) is 5.92 Å². The second-order valence-corrected chi connectivity index (χ2v) is 4.91. The van der Waals surface area contributed by atoms with Crippen molar-refractivity contribution < 1.29 is 4.79 Å². The zero-order valence-corrected chi connectivity index (χ0v) is 11.1. The average molecular weight is 247 g/mol. The second-order valence-electron chi connectivity index (χ2n) is 4.91. The minimum atomic E-state index is -0.0749. The number of aromatic nitrogens is 1. The lowest BCUT2D eigenvalue weighted by atomic mass is 9.80. The van der Waals surface area contributed by atoms with Crippen molar-refractivity contribution in [2.75, 3.05) is 11.9 Å². The van der Waals surface area contributed by atoms with Gasteiger partial charge >= 0.3 is 0 Å². The summed E-state index contributed by atoms with van der Waals surface area (Å²) in [6, 6.07) is 3.91. The Morgan fingerprint density at radius 1 is 1.56 bits per heavy atom. The molecule has 0 spiro atoms. The first-order chi connectivity index (χ1) is 8.70. The lowest BCUT2D eigenvalue weighted by Crippen LogP contribution is -2.40. The van der Waals surface area contributed by atoms with E-state index in [2.05, 4.69) is 22.5 Å². The molecule has 1 amide bonds. The summed E-state index contributed by atoms with van der Waals surface area (Å²) in [6.07, 6.45) is 5.42. The number of nitrogens with one attached hydrogen (secondary N) is 2. The zero-order valence-electron chi connectivity index (χ0n) is 11.1. The predicted molar refractivity (Wildman–Crippen MR) is 72.7 cm³/mol. The molecule has 0 bridgehead atoms. The Kier molecular flexibility index (Phi) is 4.18. The van der Waals surface area contributed by atoms with Crippen molar-refractivity contribution in [2.45, 2.75) is 39.2 Å². The third kappa shape index (κ3) is 3.00. The Hall–Kier alpha value is -1.58. The second kappa shape index (κ2) is 5.85. The van der Waals surface area contributed by atoms with Gasteiger partial charge < -0.3 is 10.6 Å². The van der Waals surface area contributed by atoms with Crippen molar-refractivity contribution in [2.24, 2.45) is 5.92 Å². The van der Waals surface area contributed by atoms with Crippen LogP contribution in [-0.2, 0) is 0 Å². The predicted octanol–water partition coefficient (Wildman–Crippen LogP) is 2.43. The van der Waals surface area contributed by atoms with Gasteiger partial charge in [0.05, 0.1) is 0 Å². The fourth-order valence-corrected chi connectivity index (χ4v) is 2.21. The van der Waals surface area contributed by atoms with Gasteiger partial charge in [-0.25, -0.2) is 0 Å². The average Bonchev–Trinajstić information content (AvgIpc) is 2.27. The highest BCUT2D eigenvalue weighted by Gasteiger charge is 2.25. The normalized spacial score (nSPS) is 16.8. The number of amides is 1. The maximum atomic E-state index is 12.1. The van der Waals surface area contributed by atoms with Gasteiger partial charge in [0.25, 0.3) is 5.91 Å². The smallest absolute Gasteiger partial charge is 0.270 e. The van der Waals surface area contributed by atoms with E-state index in [1.165, 1.54) is 19.3 Å².